The molecule has 0 bridgehead atoms. The van der Waals surface area contributed by atoms with Gasteiger partial charge in [-0.05, 0) is 18.6 Å². The number of pyridine rings is 1. The Labute approximate surface area is 129 Å². The van der Waals surface area contributed by atoms with Crippen LogP contribution in [-0.2, 0) is 10.0 Å². The summed E-state index contributed by atoms with van der Waals surface area (Å²) in [7, 11) is -3.20. The largest absolute Gasteiger partial charge is 0.335 e. The van der Waals surface area contributed by atoms with Crippen LogP contribution in [0.5, 0.6) is 0 Å². The van der Waals surface area contributed by atoms with E-state index in [0.717, 1.165) is 0 Å². The van der Waals surface area contributed by atoms with E-state index in [9.17, 15) is 13.2 Å². The second kappa shape index (κ2) is 6.72. The number of amides is 1. The lowest BCUT2D eigenvalue weighted by Gasteiger charge is -2.33. The minimum atomic E-state index is -3.20. The van der Waals surface area contributed by atoms with E-state index in [1.165, 1.54) is 4.31 Å². The third-order valence-electron chi connectivity index (χ3n) is 3.32. The molecule has 0 aliphatic carbocycles. The number of nitrogens with zero attached hydrogens (tertiary/aromatic N) is 3. The Morgan fingerprint density at radius 1 is 1.29 bits per heavy atom. The maximum atomic E-state index is 12.3. The third-order valence-corrected chi connectivity index (χ3v) is 5.60. The molecule has 116 valence electrons. The number of aromatic nitrogens is 1. The lowest BCUT2D eigenvalue weighted by atomic mass is 10.3. The monoisotopic (exact) mass is 331 g/mol. The molecular weight excluding hydrogens is 314 g/mol. The average molecular weight is 332 g/mol. The number of carbonyl (C=O) groups excluding carboxylic acids is 1. The van der Waals surface area contributed by atoms with Gasteiger partial charge in [0.1, 0.15) is 10.8 Å². The fraction of sp³-hybridized carbons (Fsp3) is 0.538. The van der Waals surface area contributed by atoms with Crippen molar-refractivity contribution in [2.45, 2.75) is 13.3 Å². The first-order chi connectivity index (χ1) is 9.94. The lowest BCUT2D eigenvalue weighted by Crippen LogP contribution is -2.51. The second-order valence-corrected chi connectivity index (χ2v) is 7.33. The molecule has 1 amide bonds. The zero-order valence-electron chi connectivity index (χ0n) is 11.8. The summed E-state index contributed by atoms with van der Waals surface area (Å²) in [6.45, 7) is 3.23. The van der Waals surface area contributed by atoms with Gasteiger partial charge >= 0.3 is 0 Å². The first kappa shape index (κ1) is 16.2. The normalized spacial score (nSPS) is 17.0. The van der Waals surface area contributed by atoms with Gasteiger partial charge in [0.05, 0.1) is 5.75 Å². The maximum Gasteiger partial charge on any atom is 0.272 e. The number of piperazine rings is 1. The minimum Gasteiger partial charge on any atom is -0.335 e. The van der Waals surface area contributed by atoms with Crippen LogP contribution in [0.25, 0.3) is 0 Å². The molecule has 0 N–H and O–H groups in total. The first-order valence-electron chi connectivity index (χ1n) is 6.83. The van der Waals surface area contributed by atoms with Gasteiger partial charge in [0.25, 0.3) is 5.91 Å². The summed E-state index contributed by atoms with van der Waals surface area (Å²) in [6, 6.07) is 4.88. The predicted molar refractivity (Wildman–Crippen MR) is 80.8 cm³/mol. The Morgan fingerprint density at radius 2 is 1.95 bits per heavy atom. The molecule has 21 heavy (non-hydrogen) atoms. The average Bonchev–Trinajstić information content (AvgIpc) is 2.46. The molecule has 0 atom stereocenters. The van der Waals surface area contributed by atoms with Crippen molar-refractivity contribution < 1.29 is 13.2 Å². The first-order valence-corrected chi connectivity index (χ1v) is 8.82. The number of carbonyl (C=O) groups is 1. The van der Waals surface area contributed by atoms with Crippen molar-refractivity contribution in [3.8, 4) is 0 Å². The van der Waals surface area contributed by atoms with Gasteiger partial charge in [-0.3, -0.25) is 4.79 Å². The van der Waals surface area contributed by atoms with Crippen LogP contribution in [0.1, 0.15) is 23.8 Å². The van der Waals surface area contributed by atoms with Crippen molar-refractivity contribution in [2.24, 2.45) is 0 Å². The third kappa shape index (κ3) is 3.93. The highest BCUT2D eigenvalue weighted by Gasteiger charge is 2.28. The smallest absolute Gasteiger partial charge is 0.272 e. The van der Waals surface area contributed by atoms with Gasteiger partial charge in [0.15, 0.2) is 0 Å². The van der Waals surface area contributed by atoms with E-state index in [0.29, 0.717) is 32.6 Å². The van der Waals surface area contributed by atoms with E-state index >= 15 is 0 Å². The molecule has 0 spiro atoms. The summed E-state index contributed by atoms with van der Waals surface area (Å²) in [5.74, 6) is -0.0680. The second-order valence-electron chi connectivity index (χ2n) is 4.85. The molecule has 0 unspecified atom stereocenters. The van der Waals surface area contributed by atoms with E-state index in [2.05, 4.69) is 4.98 Å². The zero-order valence-corrected chi connectivity index (χ0v) is 13.4. The van der Waals surface area contributed by atoms with Crippen molar-refractivity contribution in [1.82, 2.24) is 14.2 Å². The molecule has 0 saturated carbocycles. The van der Waals surface area contributed by atoms with Crippen molar-refractivity contribution >= 4 is 27.5 Å². The highest BCUT2D eigenvalue weighted by Crippen LogP contribution is 2.13. The van der Waals surface area contributed by atoms with Crippen LogP contribution in [0.2, 0.25) is 5.15 Å². The van der Waals surface area contributed by atoms with Gasteiger partial charge in [-0.25, -0.2) is 13.4 Å². The highest BCUT2D eigenvalue weighted by molar-refractivity contribution is 7.89. The molecule has 1 saturated heterocycles. The molecule has 1 aromatic heterocycles. The van der Waals surface area contributed by atoms with Gasteiger partial charge in [0, 0.05) is 26.2 Å². The molecule has 0 aromatic carbocycles. The molecule has 2 heterocycles. The predicted octanol–water partition coefficient (Wildman–Crippen LogP) is 1.23. The van der Waals surface area contributed by atoms with Crippen LogP contribution in [0.15, 0.2) is 18.2 Å². The SMILES string of the molecule is CCCS(=O)(=O)N1CCN(C(=O)c2cccc(Cl)n2)CC1. The molecule has 1 fully saturated rings. The summed E-state index contributed by atoms with van der Waals surface area (Å²) < 4.78 is 25.4. The fourth-order valence-corrected chi connectivity index (χ4v) is 3.90. The van der Waals surface area contributed by atoms with Gasteiger partial charge in [-0.2, -0.15) is 4.31 Å². The zero-order chi connectivity index (χ0) is 15.5. The Balaban J connectivity index is 2.00. The molecule has 1 aromatic rings. The summed E-state index contributed by atoms with van der Waals surface area (Å²) in [5, 5.41) is 0.269. The molecular formula is C13H18ClN3O3S. The molecule has 1 aliphatic rings. The quantitative estimate of drug-likeness (QED) is 0.778. The van der Waals surface area contributed by atoms with Crippen LogP contribution < -0.4 is 0 Å². The summed E-state index contributed by atoms with van der Waals surface area (Å²) >= 11 is 5.78. The van der Waals surface area contributed by atoms with E-state index in [-0.39, 0.29) is 22.5 Å². The van der Waals surface area contributed by atoms with Gasteiger partial charge in [0.2, 0.25) is 10.0 Å². The standard InChI is InChI=1S/C13H18ClN3O3S/c1-2-10-21(19,20)17-8-6-16(7-9-17)13(18)11-4-3-5-12(14)15-11/h3-5H,2,6-10H2,1H3. The minimum absolute atomic E-state index is 0.150. The van der Waals surface area contributed by atoms with E-state index in [1.54, 1.807) is 23.1 Å². The maximum absolute atomic E-state index is 12.3. The van der Waals surface area contributed by atoms with E-state index in [1.807, 2.05) is 6.92 Å². The molecule has 2 rings (SSSR count). The Hall–Kier alpha value is -1.18. The van der Waals surface area contributed by atoms with Crippen LogP contribution in [0.3, 0.4) is 0 Å². The number of hydrogen-bond donors (Lipinski definition) is 0. The summed E-state index contributed by atoms with van der Waals surface area (Å²) in [4.78, 5) is 17.9. The molecule has 8 heteroatoms. The molecule has 0 radical (unpaired) electrons. The Bertz CT molecular complexity index is 613. The van der Waals surface area contributed by atoms with Gasteiger partial charge < -0.3 is 4.90 Å². The Morgan fingerprint density at radius 3 is 2.52 bits per heavy atom. The van der Waals surface area contributed by atoms with E-state index in [4.69, 9.17) is 11.6 Å². The van der Waals surface area contributed by atoms with Crippen LogP contribution in [0, 0.1) is 0 Å². The number of hydrogen-bond acceptors (Lipinski definition) is 4. The number of sulfonamides is 1. The topological polar surface area (TPSA) is 70.6 Å². The molecule has 6 nitrogen and oxygen atoms in total. The van der Waals surface area contributed by atoms with Crippen molar-refractivity contribution in [3.05, 3.63) is 29.0 Å². The fourth-order valence-electron chi connectivity index (χ4n) is 2.25. The van der Waals surface area contributed by atoms with Crippen LogP contribution >= 0.6 is 11.6 Å². The van der Waals surface area contributed by atoms with Crippen molar-refractivity contribution in [3.63, 3.8) is 0 Å². The number of rotatable bonds is 4. The summed E-state index contributed by atoms with van der Waals surface area (Å²) in [6.07, 6.45) is 0.591. The van der Waals surface area contributed by atoms with Crippen molar-refractivity contribution in [2.75, 3.05) is 31.9 Å². The molecule has 1 aliphatic heterocycles. The van der Waals surface area contributed by atoms with E-state index < -0.39 is 10.0 Å². The van der Waals surface area contributed by atoms with Gasteiger partial charge in [-0.15, -0.1) is 0 Å². The highest BCUT2D eigenvalue weighted by atomic mass is 35.5. The number of halogens is 1. The lowest BCUT2D eigenvalue weighted by molar-refractivity contribution is 0.0692. The Kier molecular flexibility index (Phi) is 5.18. The van der Waals surface area contributed by atoms with Crippen LogP contribution in [-0.4, -0.2) is 60.4 Å². The van der Waals surface area contributed by atoms with Gasteiger partial charge in [-0.1, -0.05) is 24.6 Å². The van der Waals surface area contributed by atoms with Crippen molar-refractivity contribution in [1.29, 1.82) is 0 Å². The van der Waals surface area contributed by atoms with Crippen LogP contribution in [0.4, 0.5) is 0 Å². The summed E-state index contributed by atoms with van der Waals surface area (Å²) in [5.41, 5.74) is 0.285.